The number of ether oxygens (including phenoxy) is 2. The smallest absolute Gasteiger partial charge is 0.283 e. The standard InChI is InChI=1S/C24H24N4O5S2/c1-4-32-20-13-17(10-11-19(20)33-14-16-8-6-15(3)7-9-16)12-18-21(25)28-23(26-22(18)29)34-24(27-28)35(30,31)5-2/h6-13,25H,4-5,14H2,1-3H3/b18-12-,25-21?. The molecule has 2 aromatic carbocycles. The van der Waals surface area contributed by atoms with E-state index in [1.807, 2.05) is 38.1 Å². The summed E-state index contributed by atoms with van der Waals surface area (Å²) in [6.07, 6.45) is 1.50. The summed E-state index contributed by atoms with van der Waals surface area (Å²) in [5.74, 6) is 0.0276. The fourth-order valence-corrected chi connectivity index (χ4v) is 5.40. The van der Waals surface area contributed by atoms with Crippen LogP contribution in [-0.2, 0) is 21.2 Å². The van der Waals surface area contributed by atoms with Crippen LogP contribution in [0.4, 0.5) is 0 Å². The number of aryl methyl sites for hydroxylation is 1. The van der Waals surface area contributed by atoms with Gasteiger partial charge in [-0.15, -0.1) is 5.10 Å². The number of hydrazone groups is 1. The summed E-state index contributed by atoms with van der Waals surface area (Å²) in [6, 6.07) is 13.2. The van der Waals surface area contributed by atoms with E-state index in [4.69, 9.17) is 14.9 Å². The maximum atomic E-state index is 12.6. The molecule has 11 heteroatoms. The van der Waals surface area contributed by atoms with Crippen molar-refractivity contribution >= 4 is 49.0 Å². The first-order valence-electron chi connectivity index (χ1n) is 10.9. The lowest BCUT2D eigenvalue weighted by atomic mass is 10.1. The highest BCUT2D eigenvalue weighted by Crippen LogP contribution is 2.33. The average molecular weight is 513 g/mol. The summed E-state index contributed by atoms with van der Waals surface area (Å²) < 4.78 is 35.8. The van der Waals surface area contributed by atoms with Crippen LogP contribution in [0.25, 0.3) is 6.08 Å². The normalized spacial score (nSPS) is 16.8. The summed E-state index contributed by atoms with van der Waals surface area (Å²) in [5, 5.41) is 13.6. The molecule has 0 fully saturated rings. The molecule has 0 aliphatic carbocycles. The summed E-state index contributed by atoms with van der Waals surface area (Å²) in [7, 11) is -3.59. The number of aliphatic imine (C=N–C) groups is 1. The molecule has 35 heavy (non-hydrogen) atoms. The Balaban J connectivity index is 1.59. The number of benzene rings is 2. The molecule has 2 aromatic rings. The first-order chi connectivity index (χ1) is 16.7. The predicted molar refractivity (Wildman–Crippen MR) is 138 cm³/mol. The Labute approximate surface area is 208 Å². The van der Waals surface area contributed by atoms with Gasteiger partial charge in [-0.25, -0.2) is 8.42 Å². The molecular formula is C24H24N4O5S2. The molecular weight excluding hydrogens is 488 g/mol. The van der Waals surface area contributed by atoms with Crippen LogP contribution in [-0.4, -0.2) is 47.1 Å². The molecule has 4 rings (SSSR count). The maximum Gasteiger partial charge on any atom is 0.283 e. The highest BCUT2D eigenvalue weighted by Gasteiger charge is 2.39. The van der Waals surface area contributed by atoms with Gasteiger partial charge in [0.25, 0.3) is 5.91 Å². The van der Waals surface area contributed by atoms with E-state index in [-0.39, 0.29) is 26.7 Å². The van der Waals surface area contributed by atoms with Crippen molar-refractivity contribution in [3.05, 3.63) is 64.7 Å². The second kappa shape index (κ2) is 10.0. The number of carbonyl (C=O) groups excluding carboxylic acids is 1. The van der Waals surface area contributed by atoms with Crippen molar-refractivity contribution in [2.45, 2.75) is 27.4 Å². The van der Waals surface area contributed by atoms with E-state index in [0.29, 0.717) is 30.3 Å². The van der Waals surface area contributed by atoms with E-state index < -0.39 is 15.7 Å². The molecule has 2 aliphatic heterocycles. The molecule has 1 N–H and O–H groups in total. The molecule has 0 saturated carbocycles. The van der Waals surface area contributed by atoms with Gasteiger partial charge in [-0.3, -0.25) is 10.2 Å². The highest BCUT2D eigenvalue weighted by atomic mass is 32.3. The zero-order valence-corrected chi connectivity index (χ0v) is 21.1. The number of carbonyl (C=O) groups is 1. The Morgan fingerprint density at radius 1 is 1.09 bits per heavy atom. The van der Waals surface area contributed by atoms with E-state index >= 15 is 0 Å². The predicted octanol–water partition coefficient (Wildman–Crippen LogP) is 3.98. The van der Waals surface area contributed by atoms with Crippen molar-refractivity contribution in [2.24, 2.45) is 10.1 Å². The summed E-state index contributed by atoms with van der Waals surface area (Å²) in [5.41, 5.74) is 2.78. The largest absolute Gasteiger partial charge is 0.490 e. The second-order valence-electron chi connectivity index (χ2n) is 7.70. The van der Waals surface area contributed by atoms with Gasteiger partial charge in [-0.05, 0) is 54.9 Å². The third-order valence-corrected chi connectivity index (χ3v) is 8.26. The molecule has 0 unspecified atom stereocenters. The third-order valence-electron chi connectivity index (χ3n) is 5.18. The fourth-order valence-electron chi connectivity index (χ4n) is 3.24. The zero-order chi connectivity index (χ0) is 25.2. The number of nitrogens with one attached hydrogen (secondary N) is 1. The molecule has 0 bridgehead atoms. The summed E-state index contributed by atoms with van der Waals surface area (Å²) in [4.78, 5) is 16.6. The number of amides is 1. The molecule has 2 heterocycles. The number of rotatable bonds is 7. The minimum atomic E-state index is -3.59. The number of amidine groups is 2. The van der Waals surface area contributed by atoms with E-state index in [1.54, 1.807) is 18.2 Å². The minimum absolute atomic E-state index is 0.0102. The van der Waals surface area contributed by atoms with Crippen molar-refractivity contribution < 1.29 is 22.7 Å². The monoisotopic (exact) mass is 512 g/mol. The molecule has 0 saturated heterocycles. The van der Waals surface area contributed by atoms with Gasteiger partial charge < -0.3 is 9.47 Å². The van der Waals surface area contributed by atoms with Crippen LogP contribution in [0.1, 0.15) is 30.5 Å². The first-order valence-corrected chi connectivity index (χ1v) is 13.4. The maximum absolute atomic E-state index is 12.6. The van der Waals surface area contributed by atoms with Crippen LogP contribution >= 0.6 is 11.8 Å². The van der Waals surface area contributed by atoms with E-state index in [0.717, 1.165) is 22.3 Å². The Kier molecular flexibility index (Phi) is 7.08. The molecule has 0 radical (unpaired) electrons. The lowest BCUT2D eigenvalue weighted by molar-refractivity contribution is -0.114. The lowest BCUT2D eigenvalue weighted by Crippen LogP contribution is -2.35. The Morgan fingerprint density at radius 2 is 1.83 bits per heavy atom. The van der Waals surface area contributed by atoms with Crippen LogP contribution in [0, 0.1) is 12.3 Å². The SMILES string of the molecule is CCOc1cc(/C=C2/C(=N)N3N=C(S(=O)(=O)CC)SC3=NC2=O)ccc1OCc1ccc(C)cc1. The van der Waals surface area contributed by atoms with Crippen molar-refractivity contribution in [1.82, 2.24) is 5.01 Å². The van der Waals surface area contributed by atoms with Crippen molar-refractivity contribution in [1.29, 1.82) is 5.41 Å². The van der Waals surface area contributed by atoms with Gasteiger partial charge >= 0.3 is 0 Å². The minimum Gasteiger partial charge on any atom is -0.490 e. The number of fused-ring (bicyclic) bond motifs is 1. The van der Waals surface area contributed by atoms with E-state index in [9.17, 15) is 13.2 Å². The Bertz CT molecular complexity index is 1380. The number of thioether (sulfide) groups is 1. The van der Waals surface area contributed by atoms with Gasteiger partial charge in [0.2, 0.25) is 19.4 Å². The van der Waals surface area contributed by atoms with Crippen molar-refractivity contribution in [3.63, 3.8) is 0 Å². The van der Waals surface area contributed by atoms with E-state index in [1.165, 1.54) is 18.6 Å². The fraction of sp³-hybridized carbons (Fsp3) is 0.250. The van der Waals surface area contributed by atoms with E-state index in [2.05, 4.69) is 10.1 Å². The summed E-state index contributed by atoms with van der Waals surface area (Å²) in [6.45, 7) is 6.17. The second-order valence-corrected chi connectivity index (χ2v) is 11.1. The van der Waals surface area contributed by atoms with Crippen LogP contribution < -0.4 is 9.47 Å². The van der Waals surface area contributed by atoms with Gasteiger partial charge in [0, 0.05) is 0 Å². The van der Waals surface area contributed by atoms with Crippen LogP contribution in [0.3, 0.4) is 0 Å². The van der Waals surface area contributed by atoms with Gasteiger partial charge in [0.05, 0.1) is 17.9 Å². The molecule has 182 valence electrons. The van der Waals surface area contributed by atoms with Crippen molar-refractivity contribution in [2.75, 3.05) is 12.4 Å². The van der Waals surface area contributed by atoms with Gasteiger partial charge in [-0.1, -0.05) is 42.8 Å². The molecule has 9 nitrogen and oxygen atoms in total. The zero-order valence-electron chi connectivity index (χ0n) is 19.4. The number of sulfone groups is 1. The Hall–Kier alpha value is -3.44. The molecule has 0 aromatic heterocycles. The van der Waals surface area contributed by atoms with Crippen LogP contribution in [0.2, 0.25) is 0 Å². The number of hydrogen-bond donors (Lipinski definition) is 1. The molecule has 2 aliphatic rings. The van der Waals surface area contributed by atoms with Crippen molar-refractivity contribution in [3.8, 4) is 11.5 Å². The average Bonchev–Trinajstić information content (AvgIpc) is 3.27. The molecule has 0 spiro atoms. The number of nitrogens with zero attached hydrogens (tertiary/aromatic N) is 3. The third kappa shape index (κ3) is 5.30. The number of hydrogen-bond acceptors (Lipinski definition) is 8. The van der Waals surface area contributed by atoms with Crippen LogP contribution in [0.15, 0.2) is 58.1 Å². The van der Waals surface area contributed by atoms with Gasteiger partial charge in [-0.2, -0.15) is 10.0 Å². The van der Waals surface area contributed by atoms with Gasteiger partial charge in [0.1, 0.15) is 6.61 Å². The van der Waals surface area contributed by atoms with Crippen LogP contribution in [0.5, 0.6) is 11.5 Å². The quantitative estimate of drug-likeness (QED) is 0.557. The lowest BCUT2D eigenvalue weighted by Gasteiger charge is -2.20. The van der Waals surface area contributed by atoms with Gasteiger partial charge in [0.15, 0.2) is 17.3 Å². The topological polar surface area (TPSA) is 121 Å². The highest BCUT2D eigenvalue weighted by molar-refractivity contribution is 8.42. The summed E-state index contributed by atoms with van der Waals surface area (Å²) >= 11 is 0.770. The molecule has 1 amide bonds. The molecule has 0 atom stereocenters. The Morgan fingerprint density at radius 3 is 2.51 bits per heavy atom. The first kappa shape index (κ1) is 24.7.